The second-order valence-electron chi connectivity index (χ2n) is 4.63. The van der Waals surface area contributed by atoms with Gasteiger partial charge in [0, 0.05) is 20.1 Å². The predicted octanol–water partition coefficient (Wildman–Crippen LogP) is 1.12. The van der Waals surface area contributed by atoms with Crippen molar-refractivity contribution in [2.24, 2.45) is 5.41 Å². The van der Waals surface area contributed by atoms with Crippen LogP contribution in [0.1, 0.15) is 39.0 Å². The zero-order chi connectivity index (χ0) is 13.9. The van der Waals surface area contributed by atoms with Crippen molar-refractivity contribution >= 4 is 5.97 Å². The molecular weight excluding hydrogens is 236 g/mol. The number of carbonyl (C=O) groups is 1. The summed E-state index contributed by atoms with van der Waals surface area (Å²) in [7, 11) is 1.66. The maximum absolute atomic E-state index is 11.5. The first-order chi connectivity index (χ1) is 8.64. The van der Waals surface area contributed by atoms with Crippen LogP contribution in [0, 0.1) is 5.41 Å². The number of unbranched alkanes of at least 4 members (excludes halogenated alkanes) is 2. The highest BCUT2D eigenvalue weighted by Crippen LogP contribution is 2.21. The van der Waals surface area contributed by atoms with E-state index in [1.807, 2.05) is 6.92 Å². The molecule has 0 saturated carbocycles. The van der Waals surface area contributed by atoms with Crippen LogP contribution in [0.25, 0.3) is 0 Å². The van der Waals surface area contributed by atoms with E-state index in [0.29, 0.717) is 19.4 Å². The van der Waals surface area contributed by atoms with Crippen molar-refractivity contribution in [1.82, 2.24) is 0 Å². The highest BCUT2D eigenvalue weighted by Gasteiger charge is 2.28. The highest BCUT2D eigenvalue weighted by molar-refractivity contribution is 5.69. The fraction of sp³-hybridized carbons (Fsp3) is 0.923. The molecule has 0 spiro atoms. The fourth-order valence-electron chi connectivity index (χ4n) is 1.47. The Morgan fingerprint density at radius 2 is 1.83 bits per heavy atom. The summed E-state index contributed by atoms with van der Waals surface area (Å²) in [4.78, 5) is 11.5. The summed E-state index contributed by atoms with van der Waals surface area (Å²) in [6.07, 6.45) is 3.60. The Bertz CT molecular complexity index is 205. The predicted molar refractivity (Wildman–Crippen MR) is 68.2 cm³/mol. The average Bonchev–Trinajstić information content (AvgIpc) is 2.41. The first kappa shape index (κ1) is 17.4. The van der Waals surface area contributed by atoms with E-state index < -0.39 is 5.41 Å². The fourth-order valence-corrected chi connectivity index (χ4v) is 1.47. The Hall–Kier alpha value is -0.650. The molecule has 0 aliphatic carbocycles. The van der Waals surface area contributed by atoms with Crippen molar-refractivity contribution in [1.29, 1.82) is 0 Å². The lowest BCUT2D eigenvalue weighted by molar-refractivity contribution is -0.149. The molecule has 0 unspecified atom stereocenters. The summed E-state index contributed by atoms with van der Waals surface area (Å²) in [6, 6.07) is 0. The number of ether oxygens (including phenoxy) is 2. The molecular formula is C13H26O5. The molecule has 0 aromatic carbocycles. The third kappa shape index (κ3) is 6.93. The number of methoxy groups -OCH3 is 1. The van der Waals surface area contributed by atoms with E-state index in [9.17, 15) is 15.0 Å². The van der Waals surface area contributed by atoms with Gasteiger partial charge < -0.3 is 19.7 Å². The van der Waals surface area contributed by atoms with E-state index in [-0.39, 0.29) is 25.8 Å². The third-order valence-corrected chi connectivity index (χ3v) is 3.19. The number of aliphatic hydroxyl groups excluding tert-OH is 2. The molecule has 0 radical (unpaired) electrons. The van der Waals surface area contributed by atoms with Crippen molar-refractivity contribution in [2.45, 2.75) is 39.0 Å². The number of carbonyl (C=O) groups excluding carboxylic acids is 1. The molecule has 0 heterocycles. The summed E-state index contributed by atoms with van der Waals surface area (Å²) < 4.78 is 10.0. The molecule has 0 aromatic rings. The first-order valence-electron chi connectivity index (χ1n) is 6.50. The summed E-state index contributed by atoms with van der Waals surface area (Å²) in [5.74, 6) is -0.271. The summed E-state index contributed by atoms with van der Waals surface area (Å²) in [5.41, 5.74) is -0.703. The SMILES string of the molecule is CCC(CO)(CO)COC(=O)CCCCCOC. The Labute approximate surface area is 109 Å². The molecule has 5 heteroatoms. The molecule has 0 aliphatic rings. The van der Waals surface area contributed by atoms with Gasteiger partial charge >= 0.3 is 5.97 Å². The average molecular weight is 262 g/mol. The summed E-state index contributed by atoms with van der Waals surface area (Å²) in [5, 5.41) is 18.4. The molecule has 18 heavy (non-hydrogen) atoms. The minimum atomic E-state index is -0.703. The molecule has 0 aliphatic heterocycles. The molecule has 0 fully saturated rings. The van der Waals surface area contributed by atoms with E-state index in [2.05, 4.69) is 0 Å². The van der Waals surface area contributed by atoms with Gasteiger partial charge in [-0.3, -0.25) is 4.79 Å². The number of hydrogen-bond donors (Lipinski definition) is 2. The Morgan fingerprint density at radius 3 is 2.33 bits per heavy atom. The van der Waals surface area contributed by atoms with E-state index in [1.54, 1.807) is 7.11 Å². The molecule has 0 amide bonds. The van der Waals surface area contributed by atoms with E-state index in [0.717, 1.165) is 19.3 Å². The summed E-state index contributed by atoms with van der Waals surface area (Å²) in [6.45, 7) is 2.28. The zero-order valence-corrected chi connectivity index (χ0v) is 11.5. The molecule has 0 rings (SSSR count). The Kier molecular flexibility index (Phi) is 9.92. The van der Waals surface area contributed by atoms with Gasteiger partial charge in [0.2, 0.25) is 0 Å². The van der Waals surface area contributed by atoms with E-state index >= 15 is 0 Å². The van der Waals surface area contributed by atoms with Crippen LogP contribution in [0.5, 0.6) is 0 Å². The molecule has 5 nitrogen and oxygen atoms in total. The van der Waals surface area contributed by atoms with Gasteiger partial charge in [-0.25, -0.2) is 0 Å². The van der Waals surface area contributed by atoms with Crippen LogP contribution in [0.4, 0.5) is 0 Å². The highest BCUT2D eigenvalue weighted by atomic mass is 16.5. The maximum atomic E-state index is 11.5. The normalized spacial score (nSPS) is 11.6. The van der Waals surface area contributed by atoms with Crippen molar-refractivity contribution in [3.63, 3.8) is 0 Å². The second kappa shape index (κ2) is 10.3. The van der Waals surface area contributed by atoms with Crippen LogP contribution < -0.4 is 0 Å². The van der Waals surface area contributed by atoms with E-state index in [4.69, 9.17) is 9.47 Å². The van der Waals surface area contributed by atoms with Gasteiger partial charge in [0.05, 0.1) is 18.6 Å². The molecule has 108 valence electrons. The lowest BCUT2D eigenvalue weighted by atomic mass is 9.88. The molecule has 0 aromatic heterocycles. The monoisotopic (exact) mass is 262 g/mol. The summed E-state index contributed by atoms with van der Waals surface area (Å²) >= 11 is 0. The van der Waals surface area contributed by atoms with Gasteiger partial charge in [0.15, 0.2) is 0 Å². The minimum Gasteiger partial charge on any atom is -0.465 e. The van der Waals surface area contributed by atoms with Gasteiger partial charge in [-0.2, -0.15) is 0 Å². The van der Waals surface area contributed by atoms with Crippen LogP contribution >= 0.6 is 0 Å². The number of esters is 1. The molecule has 0 bridgehead atoms. The minimum absolute atomic E-state index is 0.0768. The van der Waals surface area contributed by atoms with Crippen molar-refractivity contribution in [2.75, 3.05) is 33.5 Å². The van der Waals surface area contributed by atoms with E-state index in [1.165, 1.54) is 0 Å². The first-order valence-corrected chi connectivity index (χ1v) is 6.50. The standard InChI is InChI=1S/C13H26O5/c1-3-13(9-14,10-15)11-18-12(16)7-5-4-6-8-17-2/h14-15H,3-11H2,1-2H3. The van der Waals surface area contributed by atoms with Gasteiger partial charge in [-0.15, -0.1) is 0 Å². The topological polar surface area (TPSA) is 76.0 Å². The van der Waals surface area contributed by atoms with Gasteiger partial charge in [-0.1, -0.05) is 13.3 Å². The zero-order valence-electron chi connectivity index (χ0n) is 11.5. The van der Waals surface area contributed by atoms with Gasteiger partial charge in [0.25, 0.3) is 0 Å². The van der Waals surface area contributed by atoms with Crippen molar-refractivity contribution in [3.05, 3.63) is 0 Å². The van der Waals surface area contributed by atoms with Crippen molar-refractivity contribution < 1.29 is 24.5 Å². The number of aliphatic hydroxyl groups is 2. The van der Waals surface area contributed by atoms with Crippen molar-refractivity contribution in [3.8, 4) is 0 Å². The van der Waals surface area contributed by atoms with Crippen LogP contribution in [0.2, 0.25) is 0 Å². The lowest BCUT2D eigenvalue weighted by Gasteiger charge is -2.27. The van der Waals surface area contributed by atoms with Gasteiger partial charge in [-0.05, 0) is 19.3 Å². The largest absolute Gasteiger partial charge is 0.465 e. The molecule has 0 atom stereocenters. The van der Waals surface area contributed by atoms with Gasteiger partial charge in [0.1, 0.15) is 6.61 Å². The lowest BCUT2D eigenvalue weighted by Crippen LogP contribution is -2.35. The smallest absolute Gasteiger partial charge is 0.305 e. The Morgan fingerprint density at radius 1 is 1.17 bits per heavy atom. The van der Waals surface area contributed by atoms with Crippen LogP contribution in [0.15, 0.2) is 0 Å². The second-order valence-corrected chi connectivity index (χ2v) is 4.63. The van der Waals surface area contributed by atoms with Crippen LogP contribution in [0.3, 0.4) is 0 Å². The molecule has 2 N–H and O–H groups in total. The quantitative estimate of drug-likeness (QED) is 0.431. The van der Waals surface area contributed by atoms with Crippen LogP contribution in [-0.4, -0.2) is 49.7 Å². The number of rotatable bonds is 11. The molecule has 0 saturated heterocycles. The number of hydrogen-bond acceptors (Lipinski definition) is 5. The Balaban J connectivity index is 3.74. The third-order valence-electron chi connectivity index (χ3n) is 3.19. The van der Waals surface area contributed by atoms with Crippen LogP contribution in [-0.2, 0) is 14.3 Å². The maximum Gasteiger partial charge on any atom is 0.305 e.